The number of aliphatic imine (C=N–C) groups is 1. The Morgan fingerprint density at radius 1 is 1.32 bits per heavy atom. The van der Waals surface area contributed by atoms with Gasteiger partial charge in [0.2, 0.25) is 0 Å². The number of thiazole rings is 1. The average Bonchev–Trinajstić information content (AvgIpc) is 3.05. The fourth-order valence-corrected chi connectivity index (χ4v) is 4.16. The first-order valence-corrected chi connectivity index (χ1v) is 10.5. The lowest BCUT2D eigenvalue weighted by Crippen LogP contribution is -2.49. The minimum Gasteiger partial charge on any atom is -0.355 e. The van der Waals surface area contributed by atoms with Gasteiger partial charge in [-0.2, -0.15) is 0 Å². The molecule has 1 aromatic heterocycles. The van der Waals surface area contributed by atoms with Crippen LogP contribution in [0.3, 0.4) is 0 Å². The number of rotatable bonds is 7. The lowest BCUT2D eigenvalue weighted by atomic mass is 10.0. The number of likely N-dealkylation sites (tertiary alicyclic amines) is 1. The SMILES string of the molecule is CN=C(NCc1nc(C(C)C)cs1)NCC1CCCCN1CC(C)C. The van der Waals surface area contributed by atoms with Crippen LogP contribution in [0.2, 0.25) is 0 Å². The number of hydrogen-bond acceptors (Lipinski definition) is 4. The van der Waals surface area contributed by atoms with Crippen molar-refractivity contribution in [2.24, 2.45) is 10.9 Å². The van der Waals surface area contributed by atoms with Crippen molar-refractivity contribution in [3.05, 3.63) is 16.1 Å². The van der Waals surface area contributed by atoms with Crippen molar-refractivity contribution in [2.75, 3.05) is 26.7 Å². The number of guanidine groups is 1. The summed E-state index contributed by atoms with van der Waals surface area (Å²) in [5.74, 6) is 2.08. The highest BCUT2D eigenvalue weighted by Crippen LogP contribution is 2.18. The van der Waals surface area contributed by atoms with E-state index in [0.29, 0.717) is 12.0 Å². The van der Waals surface area contributed by atoms with E-state index in [1.165, 1.54) is 38.0 Å². The van der Waals surface area contributed by atoms with Crippen molar-refractivity contribution in [1.82, 2.24) is 20.5 Å². The van der Waals surface area contributed by atoms with Crippen LogP contribution in [0.25, 0.3) is 0 Å². The topological polar surface area (TPSA) is 52.6 Å². The van der Waals surface area contributed by atoms with Gasteiger partial charge in [0.25, 0.3) is 0 Å². The number of nitrogens with zero attached hydrogens (tertiary/aromatic N) is 3. The van der Waals surface area contributed by atoms with Crippen LogP contribution in [-0.4, -0.2) is 48.6 Å². The molecule has 0 bridgehead atoms. The lowest BCUT2D eigenvalue weighted by molar-refractivity contribution is 0.133. The zero-order chi connectivity index (χ0) is 18.2. The Hall–Kier alpha value is -1.14. The third kappa shape index (κ3) is 6.59. The van der Waals surface area contributed by atoms with Gasteiger partial charge in [0.05, 0.1) is 12.2 Å². The maximum Gasteiger partial charge on any atom is 0.191 e. The molecule has 0 radical (unpaired) electrons. The van der Waals surface area contributed by atoms with E-state index in [1.54, 1.807) is 11.3 Å². The smallest absolute Gasteiger partial charge is 0.191 e. The van der Waals surface area contributed by atoms with Gasteiger partial charge in [-0.3, -0.25) is 9.89 Å². The monoisotopic (exact) mass is 365 g/mol. The van der Waals surface area contributed by atoms with Gasteiger partial charge in [-0.1, -0.05) is 34.1 Å². The molecule has 6 heteroatoms. The zero-order valence-electron chi connectivity index (χ0n) is 16.5. The predicted octanol–water partition coefficient (Wildman–Crippen LogP) is 3.44. The highest BCUT2D eigenvalue weighted by atomic mass is 32.1. The minimum atomic E-state index is 0.487. The Bertz CT molecular complexity index is 538. The molecular formula is C19H35N5S. The fraction of sp³-hybridized carbons (Fsp3) is 0.789. The van der Waals surface area contributed by atoms with E-state index < -0.39 is 0 Å². The van der Waals surface area contributed by atoms with Gasteiger partial charge in [-0.05, 0) is 31.2 Å². The summed E-state index contributed by atoms with van der Waals surface area (Å²) in [5.41, 5.74) is 1.18. The van der Waals surface area contributed by atoms with Crippen LogP contribution in [0, 0.1) is 5.92 Å². The van der Waals surface area contributed by atoms with E-state index in [1.807, 2.05) is 7.05 Å². The summed E-state index contributed by atoms with van der Waals surface area (Å²) >= 11 is 1.72. The molecule has 1 saturated heterocycles. The molecule has 2 heterocycles. The number of nitrogens with one attached hydrogen (secondary N) is 2. The Balaban J connectivity index is 1.80. The summed E-state index contributed by atoms with van der Waals surface area (Å²) in [6.07, 6.45) is 3.95. The summed E-state index contributed by atoms with van der Waals surface area (Å²) in [6, 6.07) is 0.613. The van der Waals surface area contributed by atoms with Gasteiger partial charge in [0.15, 0.2) is 5.96 Å². The normalized spacial score (nSPS) is 19.6. The van der Waals surface area contributed by atoms with E-state index in [4.69, 9.17) is 0 Å². The molecule has 1 unspecified atom stereocenters. The maximum absolute atomic E-state index is 4.68. The van der Waals surface area contributed by atoms with Gasteiger partial charge in [0, 0.05) is 31.6 Å². The molecule has 142 valence electrons. The number of aromatic nitrogens is 1. The number of piperidine rings is 1. The average molecular weight is 366 g/mol. The van der Waals surface area contributed by atoms with Crippen molar-refractivity contribution in [3.63, 3.8) is 0 Å². The van der Waals surface area contributed by atoms with E-state index in [-0.39, 0.29) is 0 Å². The molecule has 5 nitrogen and oxygen atoms in total. The van der Waals surface area contributed by atoms with Crippen LogP contribution in [0.4, 0.5) is 0 Å². The van der Waals surface area contributed by atoms with Crippen molar-refractivity contribution in [1.29, 1.82) is 0 Å². The molecular weight excluding hydrogens is 330 g/mol. The van der Waals surface area contributed by atoms with Gasteiger partial charge < -0.3 is 10.6 Å². The second kappa shape index (κ2) is 10.1. The van der Waals surface area contributed by atoms with Crippen molar-refractivity contribution in [2.45, 2.75) is 65.5 Å². The molecule has 1 aliphatic rings. The maximum atomic E-state index is 4.68. The van der Waals surface area contributed by atoms with Gasteiger partial charge in [-0.15, -0.1) is 11.3 Å². The Labute approximate surface area is 157 Å². The molecule has 1 fully saturated rings. The van der Waals surface area contributed by atoms with Crippen LogP contribution in [0.5, 0.6) is 0 Å². The summed E-state index contributed by atoms with van der Waals surface area (Å²) < 4.78 is 0. The molecule has 2 rings (SSSR count). The third-order valence-electron chi connectivity index (χ3n) is 4.65. The fourth-order valence-electron chi connectivity index (χ4n) is 3.27. The molecule has 0 saturated carbocycles. The second-order valence-electron chi connectivity index (χ2n) is 7.67. The Morgan fingerprint density at radius 3 is 2.76 bits per heavy atom. The summed E-state index contributed by atoms with van der Waals surface area (Å²) in [5, 5.41) is 10.2. The number of hydrogen-bond donors (Lipinski definition) is 2. The quantitative estimate of drug-likeness (QED) is 0.574. The van der Waals surface area contributed by atoms with Gasteiger partial charge in [-0.25, -0.2) is 4.98 Å². The predicted molar refractivity (Wildman–Crippen MR) is 108 cm³/mol. The van der Waals surface area contributed by atoms with Crippen LogP contribution in [-0.2, 0) is 6.54 Å². The molecule has 1 aromatic rings. The van der Waals surface area contributed by atoms with Crippen molar-refractivity contribution in [3.8, 4) is 0 Å². The molecule has 0 amide bonds. The highest BCUT2D eigenvalue weighted by molar-refractivity contribution is 7.09. The van der Waals surface area contributed by atoms with Gasteiger partial charge >= 0.3 is 0 Å². The first kappa shape index (κ1) is 20.2. The van der Waals surface area contributed by atoms with Crippen molar-refractivity contribution < 1.29 is 0 Å². The molecule has 1 aliphatic heterocycles. The lowest BCUT2D eigenvalue weighted by Gasteiger charge is -2.37. The minimum absolute atomic E-state index is 0.487. The summed E-state index contributed by atoms with van der Waals surface area (Å²) in [6.45, 7) is 13.1. The van der Waals surface area contributed by atoms with Crippen molar-refractivity contribution >= 4 is 17.3 Å². The van der Waals surface area contributed by atoms with E-state index in [0.717, 1.165) is 30.0 Å². The van der Waals surface area contributed by atoms with Crippen LogP contribution < -0.4 is 10.6 Å². The Morgan fingerprint density at radius 2 is 2.12 bits per heavy atom. The summed E-state index contributed by atoms with van der Waals surface area (Å²) in [7, 11) is 1.84. The molecule has 0 aliphatic carbocycles. The second-order valence-corrected chi connectivity index (χ2v) is 8.61. The van der Waals surface area contributed by atoms with E-state index >= 15 is 0 Å². The molecule has 1 atom stereocenters. The first-order chi connectivity index (χ1) is 12.0. The van der Waals surface area contributed by atoms with Crippen LogP contribution in [0.1, 0.15) is 63.6 Å². The van der Waals surface area contributed by atoms with Gasteiger partial charge in [0.1, 0.15) is 5.01 Å². The van der Waals surface area contributed by atoms with Crippen LogP contribution >= 0.6 is 11.3 Å². The largest absolute Gasteiger partial charge is 0.355 e. The molecule has 2 N–H and O–H groups in total. The van der Waals surface area contributed by atoms with Crippen LogP contribution in [0.15, 0.2) is 10.4 Å². The molecule has 0 spiro atoms. The van der Waals surface area contributed by atoms with E-state index in [2.05, 4.69) is 58.6 Å². The summed E-state index contributed by atoms with van der Waals surface area (Å²) in [4.78, 5) is 11.7. The van der Waals surface area contributed by atoms with E-state index in [9.17, 15) is 0 Å². The zero-order valence-corrected chi connectivity index (χ0v) is 17.3. The molecule has 25 heavy (non-hydrogen) atoms. The highest BCUT2D eigenvalue weighted by Gasteiger charge is 2.22. The third-order valence-corrected chi connectivity index (χ3v) is 5.51. The molecule has 0 aromatic carbocycles. The Kier molecular flexibility index (Phi) is 8.16. The first-order valence-electron chi connectivity index (χ1n) is 9.62. The standard InChI is InChI=1S/C19H35N5S/c1-14(2)12-24-9-7-6-8-16(24)10-21-19(20-5)22-11-18-23-17(13-25-18)15(3)4/h13-16H,6-12H2,1-5H3,(H2,20,21,22).